The molecule has 0 radical (unpaired) electrons. The molecular weight excluding hydrogens is 160 g/mol. The number of aromatic nitrogens is 2. The molecular formula is C7H10N2O3. The first-order chi connectivity index (χ1) is 5.65. The average Bonchev–Trinajstić information content (AvgIpc) is 2.34. The molecule has 0 aliphatic rings. The molecule has 1 aromatic rings. The third-order valence-electron chi connectivity index (χ3n) is 1.47. The van der Waals surface area contributed by atoms with Crippen molar-refractivity contribution in [3.63, 3.8) is 0 Å². The van der Waals surface area contributed by atoms with Crippen molar-refractivity contribution >= 4 is 5.97 Å². The van der Waals surface area contributed by atoms with Crippen LogP contribution in [0.5, 0.6) is 0 Å². The van der Waals surface area contributed by atoms with E-state index in [-0.39, 0.29) is 5.82 Å². The van der Waals surface area contributed by atoms with Crippen LogP contribution in [0.15, 0.2) is 0 Å². The van der Waals surface area contributed by atoms with E-state index in [0.717, 1.165) is 5.69 Å². The molecule has 1 rings (SSSR count). The molecule has 5 heteroatoms. The van der Waals surface area contributed by atoms with E-state index in [4.69, 9.17) is 9.84 Å². The van der Waals surface area contributed by atoms with Gasteiger partial charge in [0, 0.05) is 12.8 Å². The van der Waals surface area contributed by atoms with Crippen LogP contribution in [0.2, 0.25) is 0 Å². The van der Waals surface area contributed by atoms with Crippen LogP contribution in [0.25, 0.3) is 0 Å². The van der Waals surface area contributed by atoms with Crippen molar-refractivity contribution in [2.75, 3.05) is 7.11 Å². The molecule has 0 spiro atoms. The van der Waals surface area contributed by atoms with E-state index in [0.29, 0.717) is 12.3 Å². The van der Waals surface area contributed by atoms with Crippen LogP contribution in [-0.4, -0.2) is 28.2 Å². The molecule has 0 fully saturated rings. The molecule has 0 aromatic carbocycles. The van der Waals surface area contributed by atoms with Crippen LogP contribution in [-0.2, 0) is 11.3 Å². The maximum absolute atomic E-state index is 10.4. The predicted octanol–water partition coefficient (Wildman–Crippen LogP) is 0.563. The van der Waals surface area contributed by atoms with Crippen molar-refractivity contribution in [1.82, 2.24) is 9.97 Å². The van der Waals surface area contributed by atoms with Crippen LogP contribution < -0.4 is 0 Å². The van der Waals surface area contributed by atoms with E-state index in [9.17, 15) is 4.79 Å². The summed E-state index contributed by atoms with van der Waals surface area (Å²) in [6, 6.07) is 0. The monoisotopic (exact) mass is 170 g/mol. The zero-order valence-corrected chi connectivity index (χ0v) is 6.92. The van der Waals surface area contributed by atoms with Crippen molar-refractivity contribution < 1.29 is 14.6 Å². The molecule has 0 bridgehead atoms. The fourth-order valence-corrected chi connectivity index (χ4v) is 0.875. The summed E-state index contributed by atoms with van der Waals surface area (Å²) in [4.78, 5) is 16.9. The lowest BCUT2D eigenvalue weighted by atomic mass is 10.4. The van der Waals surface area contributed by atoms with E-state index in [1.165, 1.54) is 7.11 Å². The Bertz CT molecular complexity index is 293. The van der Waals surface area contributed by atoms with Crippen molar-refractivity contribution in [2.45, 2.75) is 13.5 Å². The number of H-pyrrole nitrogens is 1. The standard InChI is InChI=1S/C7H10N2O3/c1-4-5(3-12-2)9-6(8-4)7(10)11/h3H2,1-2H3,(H,8,9)(H,10,11). The number of ether oxygens (including phenoxy) is 1. The van der Waals surface area contributed by atoms with Gasteiger partial charge in [0.25, 0.3) is 0 Å². The average molecular weight is 170 g/mol. The molecule has 1 aromatic heterocycles. The highest BCUT2D eigenvalue weighted by Gasteiger charge is 2.11. The number of aryl methyl sites for hydroxylation is 1. The van der Waals surface area contributed by atoms with E-state index in [1.54, 1.807) is 6.92 Å². The number of hydrogen-bond donors (Lipinski definition) is 2. The first-order valence-electron chi connectivity index (χ1n) is 3.43. The zero-order chi connectivity index (χ0) is 9.14. The van der Waals surface area contributed by atoms with E-state index < -0.39 is 5.97 Å². The Morgan fingerprint density at radius 2 is 2.42 bits per heavy atom. The first kappa shape index (κ1) is 8.73. The second-order valence-corrected chi connectivity index (χ2v) is 2.40. The minimum atomic E-state index is -1.06. The lowest BCUT2D eigenvalue weighted by Crippen LogP contribution is -1.98. The van der Waals surface area contributed by atoms with Crippen LogP contribution in [0.1, 0.15) is 22.0 Å². The van der Waals surface area contributed by atoms with E-state index in [1.807, 2.05) is 0 Å². The predicted molar refractivity (Wildman–Crippen MR) is 41.0 cm³/mol. The molecule has 12 heavy (non-hydrogen) atoms. The minimum absolute atomic E-state index is 0.0421. The number of aromatic amines is 1. The summed E-state index contributed by atoms with van der Waals surface area (Å²) in [5.41, 5.74) is 1.36. The Kier molecular flexibility index (Phi) is 2.44. The lowest BCUT2D eigenvalue weighted by Gasteiger charge is -1.92. The van der Waals surface area contributed by atoms with Gasteiger partial charge in [0.05, 0.1) is 12.3 Å². The Morgan fingerprint density at radius 1 is 1.75 bits per heavy atom. The molecule has 0 saturated carbocycles. The number of rotatable bonds is 3. The number of imidazole rings is 1. The maximum atomic E-state index is 10.4. The smallest absolute Gasteiger partial charge is 0.371 e. The van der Waals surface area contributed by atoms with Gasteiger partial charge in [0.2, 0.25) is 5.82 Å². The summed E-state index contributed by atoms with van der Waals surface area (Å²) in [5.74, 6) is -1.10. The second kappa shape index (κ2) is 3.36. The third kappa shape index (κ3) is 1.62. The molecule has 0 amide bonds. The molecule has 5 nitrogen and oxygen atoms in total. The molecule has 2 N–H and O–H groups in total. The van der Waals surface area contributed by atoms with Gasteiger partial charge in [-0.05, 0) is 6.92 Å². The summed E-state index contributed by atoms with van der Waals surface area (Å²) in [7, 11) is 1.54. The van der Waals surface area contributed by atoms with Crippen molar-refractivity contribution in [1.29, 1.82) is 0 Å². The van der Waals surface area contributed by atoms with E-state index in [2.05, 4.69) is 9.97 Å². The van der Waals surface area contributed by atoms with Crippen LogP contribution in [0, 0.1) is 6.92 Å². The number of aromatic carboxylic acids is 1. The Hall–Kier alpha value is -1.36. The van der Waals surface area contributed by atoms with Crippen LogP contribution >= 0.6 is 0 Å². The van der Waals surface area contributed by atoms with Gasteiger partial charge in [-0.3, -0.25) is 0 Å². The summed E-state index contributed by atoms with van der Waals surface area (Å²) in [6.45, 7) is 2.09. The minimum Gasteiger partial charge on any atom is -0.475 e. The summed E-state index contributed by atoms with van der Waals surface area (Å²) >= 11 is 0. The Balaban J connectivity index is 2.92. The first-order valence-corrected chi connectivity index (χ1v) is 3.43. The number of carboxylic acids is 1. The Labute approximate surface area is 69.4 Å². The van der Waals surface area contributed by atoms with Gasteiger partial charge in [0.1, 0.15) is 0 Å². The third-order valence-corrected chi connectivity index (χ3v) is 1.47. The number of hydrogen-bond acceptors (Lipinski definition) is 3. The quantitative estimate of drug-likeness (QED) is 0.695. The van der Waals surface area contributed by atoms with Gasteiger partial charge in [-0.2, -0.15) is 0 Å². The topological polar surface area (TPSA) is 75.2 Å². The number of methoxy groups -OCH3 is 1. The number of carbonyl (C=O) groups is 1. The molecule has 0 aliphatic heterocycles. The lowest BCUT2D eigenvalue weighted by molar-refractivity contribution is 0.0684. The molecule has 0 unspecified atom stereocenters. The number of nitrogens with zero attached hydrogens (tertiary/aromatic N) is 1. The van der Waals surface area contributed by atoms with Gasteiger partial charge < -0.3 is 14.8 Å². The van der Waals surface area contributed by atoms with Crippen molar-refractivity contribution in [2.24, 2.45) is 0 Å². The van der Waals surface area contributed by atoms with Crippen molar-refractivity contribution in [3.05, 3.63) is 17.2 Å². The number of carboxylic acid groups (broad SMARTS) is 1. The van der Waals surface area contributed by atoms with Gasteiger partial charge in [-0.1, -0.05) is 0 Å². The second-order valence-electron chi connectivity index (χ2n) is 2.40. The van der Waals surface area contributed by atoms with E-state index >= 15 is 0 Å². The molecule has 1 heterocycles. The van der Waals surface area contributed by atoms with Gasteiger partial charge in [0.15, 0.2) is 0 Å². The van der Waals surface area contributed by atoms with Crippen LogP contribution in [0.3, 0.4) is 0 Å². The zero-order valence-electron chi connectivity index (χ0n) is 6.92. The van der Waals surface area contributed by atoms with Crippen LogP contribution in [0.4, 0.5) is 0 Å². The molecule has 66 valence electrons. The fourth-order valence-electron chi connectivity index (χ4n) is 0.875. The fraction of sp³-hybridized carbons (Fsp3) is 0.429. The molecule has 0 atom stereocenters. The SMILES string of the molecule is COCc1nc(C(=O)O)[nH]c1C. The molecule has 0 aliphatic carbocycles. The normalized spacial score (nSPS) is 10.2. The number of nitrogens with one attached hydrogen (secondary N) is 1. The molecule has 0 saturated heterocycles. The summed E-state index contributed by atoms with van der Waals surface area (Å²) in [6.07, 6.45) is 0. The van der Waals surface area contributed by atoms with Gasteiger partial charge >= 0.3 is 5.97 Å². The highest BCUT2D eigenvalue weighted by atomic mass is 16.5. The highest BCUT2D eigenvalue weighted by Crippen LogP contribution is 2.05. The summed E-state index contributed by atoms with van der Waals surface area (Å²) < 4.78 is 4.83. The van der Waals surface area contributed by atoms with Crippen molar-refractivity contribution in [3.8, 4) is 0 Å². The highest BCUT2D eigenvalue weighted by molar-refractivity contribution is 5.83. The van der Waals surface area contributed by atoms with Gasteiger partial charge in [-0.25, -0.2) is 9.78 Å². The maximum Gasteiger partial charge on any atom is 0.371 e. The summed E-state index contributed by atoms with van der Waals surface area (Å²) in [5, 5.41) is 8.56. The van der Waals surface area contributed by atoms with Gasteiger partial charge in [-0.15, -0.1) is 0 Å². The largest absolute Gasteiger partial charge is 0.475 e. The Morgan fingerprint density at radius 3 is 2.83 bits per heavy atom.